The lowest BCUT2D eigenvalue weighted by Crippen LogP contribution is -2.05. The first-order valence-electron chi connectivity index (χ1n) is 13.6. The number of hydrogen-bond donors (Lipinski definition) is 0. The number of rotatable bonds is 3. The second-order valence-electron chi connectivity index (χ2n) is 10.2. The zero-order valence-electron chi connectivity index (χ0n) is 21.9. The monoisotopic (exact) mass is 526 g/mol. The Bertz CT molecular complexity index is 2390. The van der Waals surface area contributed by atoms with Crippen molar-refractivity contribution in [3.8, 4) is 22.8 Å². The summed E-state index contributed by atoms with van der Waals surface area (Å²) in [5.74, 6) is 2.50. The summed E-state index contributed by atoms with van der Waals surface area (Å²) in [6, 6.07) is 42.0. The van der Waals surface area contributed by atoms with Gasteiger partial charge in [-0.25, -0.2) is 15.0 Å². The lowest BCUT2D eigenvalue weighted by molar-refractivity contribution is 1.03. The van der Waals surface area contributed by atoms with E-state index in [1.165, 1.54) is 10.8 Å². The number of imidazole rings is 2. The summed E-state index contributed by atoms with van der Waals surface area (Å²) >= 11 is 0. The van der Waals surface area contributed by atoms with Gasteiger partial charge in [-0.3, -0.25) is 13.5 Å². The Morgan fingerprint density at radius 2 is 0.927 bits per heavy atom. The zero-order chi connectivity index (χ0) is 26.9. The highest BCUT2D eigenvalue weighted by molar-refractivity contribution is 6.09. The molecule has 9 rings (SSSR count). The van der Waals surface area contributed by atoms with Gasteiger partial charge in [-0.15, -0.1) is 0 Å². The second kappa shape index (κ2) is 8.37. The van der Waals surface area contributed by atoms with Crippen LogP contribution in [0.15, 0.2) is 134 Å². The Morgan fingerprint density at radius 3 is 1.59 bits per heavy atom. The molecule has 0 aliphatic rings. The van der Waals surface area contributed by atoms with Crippen LogP contribution in [0.25, 0.3) is 72.4 Å². The van der Waals surface area contributed by atoms with Gasteiger partial charge in [0.2, 0.25) is 5.78 Å². The summed E-state index contributed by atoms with van der Waals surface area (Å²) in [6.07, 6.45) is 3.71. The number of pyridine rings is 2. The lowest BCUT2D eigenvalue weighted by atomic mass is 10.1. The summed E-state index contributed by atoms with van der Waals surface area (Å²) in [5, 5.41) is 2.40. The van der Waals surface area contributed by atoms with Gasteiger partial charge in [0.05, 0.1) is 33.1 Å². The van der Waals surface area contributed by atoms with Crippen LogP contribution in [-0.4, -0.2) is 28.5 Å². The van der Waals surface area contributed by atoms with Crippen molar-refractivity contribution in [3.63, 3.8) is 0 Å². The SMILES string of the molecule is c1cnc(-n2c3ccccc3c3ccccc32)c(-c2cccnc2-n2c3ccccc3n3c4ccccc4nc23)c1. The topological polar surface area (TPSA) is 52.9 Å². The fourth-order valence-corrected chi connectivity index (χ4v) is 6.28. The number of aromatic nitrogens is 6. The van der Waals surface area contributed by atoms with Crippen LogP contribution in [0, 0.1) is 0 Å². The third-order valence-electron chi connectivity index (χ3n) is 7.97. The highest BCUT2D eigenvalue weighted by atomic mass is 15.2. The smallest absolute Gasteiger partial charge is 0.221 e. The van der Waals surface area contributed by atoms with E-state index in [9.17, 15) is 0 Å². The molecule has 6 heteroatoms. The maximum Gasteiger partial charge on any atom is 0.221 e. The highest BCUT2D eigenvalue weighted by Crippen LogP contribution is 2.38. The molecular formula is C35H22N6. The number of hydrogen-bond acceptors (Lipinski definition) is 3. The third kappa shape index (κ3) is 3.04. The summed E-state index contributed by atoms with van der Waals surface area (Å²) in [6.45, 7) is 0. The minimum Gasteiger partial charge on any atom is -0.293 e. The van der Waals surface area contributed by atoms with Gasteiger partial charge in [0.1, 0.15) is 11.6 Å². The van der Waals surface area contributed by atoms with Gasteiger partial charge in [-0.1, -0.05) is 60.7 Å². The lowest BCUT2D eigenvalue weighted by Gasteiger charge is -2.15. The quantitative estimate of drug-likeness (QED) is 0.234. The fourth-order valence-electron chi connectivity index (χ4n) is 6.28. The number of nitrogens with zero attached hydrogens (tertiary/aromatic N) is 6. The largest absolute Gasteiger partial charge is 0.293 e. The van der Waals surface area contributed by atoms with E-state index >= 15 is 0 Å². The predicted molar refractivity (Wildman–Crippen MR) is 165 cm³/mol. The van der Waals surface area contributed by atoms with E-state index in [0.717, 1.165) is 61.6 Å². The molecule has 0 unspecified atom stereocenters. The molecule has 0 aliphatic heterocycles. The van der Waals surface area contributed by atoms with Gasteiger partial charge in [0.25, 0.3) is 0 Å². The van der Waals surface area contributed by atoms with Crippen LogP contribution in [0.2, 0.25) is 0 Å². The van der Waals surface area contributed by atoms with Gasteiger partial charge in [-0.05, 0) is 60.7 Å². The van der Waals surface area contributed by atoms with Crippen molar-refractivity contribution < 1.29 is 0 Å². The molecule has 5 heterocycles. The summed E-state index contributed by atoms with van der Waals surface area (Å²) in [4.78, 5) is 15.1. The van der Waals surface area contributed by atoms with Crippen LogP contribution in [-0.2, 0) is 0 Å². The van der Waals surface area contributed by atoms with Crippen molar-refractivity contribution in [2.24, 2.45) is 0 Å². The van der Waals surface area contributed by atoms with Gasteiger partial charge in [0, 0.05) is 34.3 Å². The molecule has 0 amide bonds. The van der Waals surface area contributed by atoms with Gasteiger partial charge >= 0.3 is 0 Å². The van der Waals surface area contributed by atoms with Gasteiger partial charge < -0.3 is 0 Å². The van der Waals surface area contributed by atoms with Crippen molar-refractivity contribution in [1.82, 2.24) is 28.5 Å². The van der Waals surface area contributed by atoms with E-state index < -0.39 is 0 Å². The molecule has 5 aromatic heterocycles. The highest BCUT2D eigenvalue weighted by Gasteiger charge is 2.22. The van der Waals surface area contributed by atoms with Crippen LogP contribution in [0.1, 0.15) is 0 Å². The first-order chi connectivity index (χ1) is 20.4. The predicted octanol–water partition coefficient (Wildman–Crippen LogP) is 7.99. The molecule has 0 bridgehead atoms. The Balaban J connectivity index is 1.38. The summed E-state index contributed by atoms with van der Waals surface area (Å²) in [5.41, 5.74) is 8.36. The molecule has 0 N–H and O–H groups in total. The van der Waals surface area contributed by atoms with Crippen molar-refractivity contribution in [3.05, 3.63) is 134 Å². The molecule has 6 nitrogen and oxygen atoms in total. The molecule has 41 heavy (non-hydrogen) atoms. The van der Waals surface area contributed by atoms with E-state index in [1.807, 2.05) is 30.6 Å². The summed E-state index contributed by atoms with van der Waals surface area (Å²) < 4.78 is 6.66. The van der Waals surface area contributed by atoms with Crippen LogP contribution < -0.4 is 0 Å². The maximum atomic E-state index is 5.08. The third-order valence-corrected chi connectivity index (χ3v) is 7.97. The van der Waals surface area contributed by atoms with Crippen LogP contribution in [0.5, 0.6) is 0 Å². The maximum absolute atomic E-state index is 5.08. The average Bonchev–Trinajstić information content (AvgIpc) is 3.68. The minimum absolute atomic E-state index is 0.809. The molecule has 192 valence electrons. The van der Waals surface area contributed by atoms with Crippen molar-refractivity contribution in [2.45, 2.75) is 0 Å². The van der Waals surface area contributed by atoms with Crippen LogP contribution in [0.3, 0.4) is 0 Å². The molecular weight excluding hydrogens is 504 g/mol. The van der Waals surface area contributed by atoms with Crippen molar-refractivity contribution >= 4 is 49.7 Å². The number of para-hydroxylation sites is 6. The first-order valence-corrected chi connectivity index (χ1v) is 13.6. The fraction of sp³-hybridized carbons (Fsp3) is 0. The molecule has 0 atom stereocenters. The van der Waals surface area contributed by atoms with Crippen LogP contribution in [0.4, 0.5) is 0 Å². The van der Waals surface area contributed by atoms with E-state index in [1.54, 1.807) is 0 Å². The second-order valence-corrected chi connectivity index (χ2v) is 10.2. The molecule has 9 aromatic rings. The van der Waals surface area contributed by atoms with Gasteiger partial charge in [0.15, 0.2) is 0 Å². The normalized spacial score (nSPS) is 11.9. The number of fused-ring (bicyclic) bond motifs is 8. The Hall–Kier alpha value is -5.75. The zero-order valence-corrected chi connectivity index (χ0v) is 21.9. The van der Waals surface area contributed by atoms with Crippen molar-refractivity contribution in [2.75, 3.05) is 0 Å². The van der Waals surface area contributed by atoms with Crippen molar-refractivity contribution in [1.29, 1.82) is 0 Å². The molecule has 0 saturated heterocycles. The average molecular weight is 527 g/mol. The molecule has 0 fully saturated rings. The molecule has 0 aliphatic carbocycles. The Morgan fingerprint density at radius 1 is 0.415 bits per heavy atom. The van der Waals surface area contributed by atoms with E-state index in [-0.39, 0.29) is 0 Å². The number of benzene rings is 4. The van der Waals surface area contributed by atoms with Gasteiger partial charge in [-0.2, -0.15) is 0 Å². The summed E-state index contributed by atoms with van der Waals surface area (Å²) in [7, 11) is 0. The van der Waals surface area contributed by atoms with E-state index in [0.29, 0.717) is 0 Å². The van der Waals surface area contributed by atoms with E-state index in [2.05, 4.69) is 117 Å². The molecule has 0 saturated carbocycles. The molecule has 0 radical (unpaired) electrons. The first kappa shape index (κ1) is 22.1. The molecule has 4 aromatic carbocycles. The Kier molecular flexibility index (Phi) is 4.51. The minimum atomic E-state index is 0.809. The van der Waals surface area contributed by atoms with Crippen LogP contribution >= 0.6 is 0 Å². The molecule has 0 spiro atoms. The standard InChI is InChI=1S/C35H22N6/c1-4-16-28-23(11-1)24-12-2-5-17-29(24)39(28)33-25(13-9-21-36-33)26-14-10-22-37-34(26)41-32-20-8-7-19-31(32)40-30-18-6-3-15-27(30)38-35(40)41/h1-22H. The van der Waals surface area contributed by atoms with E-state index in [4.69, 9.17) is 15.0 Å². The Labute approximate surface area is 234 Å².